The monoisotopic (exact) mass is 190 g/mol. The number of nitrogens with two attached hydrogens (primary N) is 1. The number of hydrogen-bond donors (Lipinski definition) is 2. The van der Waals surface area contributed by atoms with Crippen LogP contribution < -0.4 is 11.3 Å². The lowest BCUT2D eigenvalue weighted by molar-refractivity contribution is 0.553. The average Bonchev–Trinajstić information content (AvgIpc) is 2.74. The first-order chi connectivity index (χ1) is 6.92. The van der Waals surface area contributed by atoms with E-state index in [1.807, 2.05) is 12.1 Å². The third-order valence-electron chi connectivity index (χ3n) is 1.98. The van der Waals surface area contributed by atoms with Crippen molar-refractivity contribution in [3.8, 4) is 0 Å². The molecular formula is C9H10N4O. The molecule has 72 valence electrons. The zero-order valence-electron chi connectivity index (χ0n) is 7.42. The van der Waals surface area contributed by atoms with Gasteiger partial charge in [0.25, 0.3) is 0 Å². The van der Waals surface area contributed by atoms with Crippen molar-refractivity contribution in [1.82, 2.24) is 15.6 Å². The lowest BCUT2D eigenvalue weighted by Crippen LogP contribution is -2.28. The molecule has 1 atom stereocenters. The van der Waals surface area contributed by atoms with Gasteiger partial charge in [-0.1, -0.05) is 0 Å². The van der Waals surface area contributed by atoms with Crippen molar-refractivity contribution >= 4 is 0 Å². The van der Waals surface area contributed by atoms with Gasteiger partial charge in [0, 0.05) is 11.8 Å². The van der Waals surface area contributed by atoms with Crippen LogP contribution in [-0.4, -0.2) is 10.2 Å². The highest BCUT2D eigenvalue weighted by atomic mass is 16.3. The molecule has 2 heterocycles. The van der Waals surface area contributed by atoms with Gasteiger partial charge in [-0.15, -0.1) is 0 Å². The number of hydrazine groups is 1. The molecule has 0 aliphatic rings. The summed E-state index contributed by atoms with van der Waals surface area (Å²) in [4.78, 5) is 0. The average molecular weight is 190 g/mol. The van der Waals surface area contributed by atoms with E-state index < -0.39 is 0 Å². The Morgan fingerprint density at radius 1 is 1.29 bits per heavy atom. The van der Waals surface area contributed by atoms with Crippen LogP contribution in [0, 0.1) is 0 Å². The van der Waals surface area contributed by atoms with E-state index >= 15 is 0 Å². The van der Waals surface area contributed by atoms with Crippen molar-refractivity contribution in [2.24, 2.45) is 5.84 Å². The first kappa shape index (κ1) is 8.86. The topological polar surface area (TPSA) is 77.0 Å². The predicted molar refractivity (Wildman–Crippen MR) is 49.9 cm³/mol. The van der Waals surface area contributed by atoms with Crippen LogP contribution in [0.3, 0.4) is 0 Å². The SMILES string of the molecule is NNC(c1ccnnc1)c1ccoc1. The summed E-state index contributed by atoms with van der Waals surface area (Å²) < 4.78 is 4.99. The van der Waals surface area contributed by atoms with E-state index in [9.17, 15) is 0 Å². The highest BCUT2D eigenvalue weighted by Crippen LogP contribution is 2.19. The van der Waals surface area contributed by atoms with Crippen molar-refractivity contribution < 1.29 is 4.42 Å². The van der Waals surface area contributed by atoms with E-state index in [4.69, 9.17) is 10.3 Å². The second kappa shape index (κ2) is 3.99. The Balaban J connectivity index is 2.31. The second-order valence-corrected chi connectivity index (χ2v) is 2.83. The van der Waals surface area contributed by atoms with E-state index in [1.165, 1.54) is 0 Å². The van der Waals surface area contributed by atoms with Crippen molar-refractivity contribution in [1.29, 1.82) is 0 Å². The molecule has 2 rings (SSSR count). The fourth-order valence-corrected chi connectivity index (χ4v) is 1.30. The fourth-order valence-electron chi connectivity index (χ4n) is 1.30. The first-order valence-corrected chi connectivity index (χ1v) is 4.16. The minimum atomic E-state index is -0.107. The van der Waals surface area contributed by atoms with Crippen molar-refractivity contribution in [2.75, 3.05) is 0 Å². The molecule has 0 fully saturated rings. The van der Waals surface area contributed by atoms with Gasteiger partial charge < -0.3 is 4.42 Å². The summed E-state index contributed by atoms with van der Waals surface area (Å²) in [6.07, 6.45) is 6.54. The minimum Gasteiger partial charge on any atom is -0.472 e. The summed E-state index contributed by atoms with van der Waals surface area (Å²) in [5.74, 6) is 5.46. The van der Waals surface area contributed by atoms with Crippen LogP contribution >= 0.6 is 0 Å². The molecule has 0 radical (unpaired) electrons. The quantitative estimate of drug-likeness (QED) is 0.548. The first-order valence-electron chi connectivity index (χ1n) is 4.16. The molecule has 0 aliphatic carbocycles. The lowest BCUT2D eigenvalue weighted by atomic mass is 10.1. The van der Waals surface area contributed by atoms with Crippen molar-refractivity contribution in [3.05, 3.63) is 48.2 Å². The number of rotatable bonds is 3. The Morgan fingerprint density at radius 3 is 2.79 bits per heavy atom. The maximum absolute atomic E-state index is 5.46. The number of hydrogen-bond acceptors (Lipinski definition) is 5. The van der Waals surface area contributed by atoms with Crippen LogP contribution in [0.15, 0.2) is 41.5 Å². The van der Waals surface area contributed by atoms with Crippen LogP contribution in [0.4, 0.5) is 0 Å². The Bertz CT molecular complexity index is 373. The highest BCUT2D eigenvalue weighted by Gasteiger charge is 2.13. The largest absolute Gasteiger partial charge is 0.472 e. The molecule has 0 saturated heterocycles. The van der Waals surface area contributed by atoms with Gasteiger partial charge in [0.1, 0.15) is 0 Å². The van der Waals surface area contributed by atoms with E-state index in [-0.39, 0.29) is 6.04 Å². The van der Waals surface area contributed by atoms with Gasteiger partial charge in [-0.25, -0.2) is 5.43 Å². The van der Waals surface area contributed by atoms with Gasteiger partial charge in [-0.2, -0.15) is 10.2 Å². The van der Waals surface area contributed by atoms with Gasteiger partial charge in [0.2, 0.25) is 0 Å². The predicted octanol–water partition coefficient (Wildman–Crippen LogP) is 0.622. The summed E-state index contributed by atoms with van der Waals surface area (Å²) >= 11 is 0. The van der Waals surface area contributed by atoms with Crippen molar-refractivity contribution in [2.45, 2.75) is 6.04 Å². The van der Waals surface area contributed by atoms with Gasteiger partial charge in [0.05, 0.1) is 24.8 Å². The zero-order valence-corrected chi connectivity index (χ0v) is 7.42. The van der Waals surface area contributed by atoms with E-state index in [0.717, 1.165) is 11.1 Å². The van der Waals surface area contributed by atoms with Crippen LogP contribution in [0.2, 0.25) is 0 Å². The number of nitrogens with one attached hydrogen (secondary N) is 1. The van der Waals surface area contributed by atoms with Gasteiger partial charge >= 0.3 is 0 Å². The normalized spacial score (nSPS) is 12.6. The summed E-state index contributed by atoms with van der Waals surface area (Å²) in [6, 6.07) is 3.60. The van der Waals surface area contributed by atoms with Crippen LogP contribution in [0.1, 0.15) is 17.2 Å². The second-order valence-electron chi connectivity index (χ2n) is 2.83. The summed E-state index contributed by atoms with van der Waals surface area (Å²) in [6.45, 7) is 0. The number of furan rings is 1. The third-order valence-corrected chi connectivity index (χ3v) is 1.98. The maximum atomic E-state index is 5.46. The molecule has 0 aliphatic heterocycles. The highest BCUT2D eigenvalue weighted by molar-refractivity contribution is 5.25. The molecule has 1 unspecified atom stereocenters. The summed E-state index contributed by atoms with van der Waals surface area (Å²) in [5.41, 5.74) is 4.60. The zero-order chi connectivity index (χ0) is 9.80. The molecule has 2 aromatic heterocycles. The van der Waals surface area contributed by atoms with E-state index in [2.05, 4.69) is 15.6 Å². The van der Waals surface area contributed by atoms with Crippen LogP contribution in [0.5, 0.6) is 0 Å². The lowest BCUT2D eigenvalue weighted by Gasteiger charge is -2.12. The molecule has 0 saturated carbocycles. The molecule has 0 aromatic carbocycles. The molecule has 3 N–H and O–H groups in total. The summed E-state index contributed by atoms with van der Waals surface area (Å²) in [5, 5.41) is 7.49. The van der Waals surface area contributed by atoms with E-state index in [0.29, 0.717) is 0 Å². The molecule has 5 heteroatoms. The van der Waals surface area contributed by atoms with Crippen LogP contribution in [-0.2, 0) is 0 Å². The smallest absolute Gasteiger partial charge is 0.0954 e. The number of nitrogens with zero attached hydrogens (tertiary/aromatic N) is 2. The Hall–Kier alpha value is -1.72. The molecular weight excluding hydrogens is 180 g/mol. The van der Waals surface area contributed by atoms with Gasteiger partial charge in [-0.05, 0) is 17.7 Å². The Labute approximate surface area is 80.9 Å². The summed E-state index contributed by atoms with van der Waals surface area (Å²) in [7, 11) is 0. The Kier molecular flexibility index (Phi) is 2.53. The van der Waals surface area contributed by atoms with Gasteiger partial charge in [-0.3, -0.25) is 5.84 Å². The fraction of sp³-hybridized carbons (Fsp3) is 0.111. The molecule has 5 nitrogen and oxygen atoms in total. The maximum Gasteiger partial charge on any atom is 0.0954 e. The minimum absolute atomic E-state index is 0.107. The number of aromatic nitrogens is 2. The molecule has 0 amide bonds. The van der Waals surface area contributed by atoms with E-state index in [1.54, 1.807) is 24.9 Å². The van der Waals surface area contributed by atoms with Crippen LogP contribution in [0.25, 0.3) is 0 Å². The Morgan fingerprint density at radius 2 is 2.21 bits per heavy atom. The molecule has 2 aromatic rings. The molecule has 0 bridgehead atoms. The standard InChI is InChI=1S/C9H10N4O/c10-13-9(8-2-4-14-6-8)7-1-3-11-12-5-7/h1-6,9,13H,10H2. The molecule has 14 heavy (non-hydrogen) atoms. The van der Waals surface area contributed by atoms with Crippen molar-refractivity contribution in [3.63, 3.8) is 0 Å². The molecule has 0 spiro atoms. The third kappa shape index (κ3) is 1.63. The van der Waals surface area contributed by atoms with Gasteiger partial charge in [0.15, 0.2) is 0 Å².